The molecule has 0 aliphatic carbocycles. The van der Waals surface area contributed by atoms with Crippen molar-refractivity contribution in [2.45, 2.75) is 16.3 Å². The second kappa shape index (κ2) is 8.16. The highest BCUT2D eigenvalue weighted by atomic mass is 32.2. The Labute approximate surface area is 178 Å². The molecule has 1 heterocycles. The molecule has 0 saturated heterocycles. The third kappa shape index (κ3) is 3.97. The van der Waals surface area contributed by atoms with Crippen molar-refractivity contribution in [3.63, 3.8) is 0 Å². The predicted molar refractivity (Wildman–Crippen MR) is 110 cm³/mol. The number of benzene rings is 3. The first-order valence-corrected chi connectivity index (χ1v) is 10.9. The number of esters is 1. The maximum atomic E-state index is 12.9. The fourth-order valence-corrected chi connectivity index (χ4v) is 4.95. The molecule has 3 aromatic carbocycles. The first-order chi connectivity index (χ1) is 14.9. The van der Waals surface area contributed by atoms with Crippen molar-refractivity contribution in [3.05, 3.63) is 95.1 Å². The molecule has 4 rings (SSSR count). The molecule has 0 saturated carbocycles. The smallest absolute Gasteiger partial charge is 0.338 e. The number of sulfone groups is 1. The van der Waals surface area contributed by atoms with Crippen LogP contribution in [0.2, 0.25) is 0 Å². The highest BCUT2D eigenvalue weighted by Crippen LogP contribution is 2.34. The largest absolute Gasteiger partial charge is 0.452 e. The fourth-order valence-electron chi connectivity index (χ4n) is 3.27. The summed E-state index contributed by atoms with van der Waals surface area (Å²) in [6.07, 6.45) is 0. The highest BCUT2D eigenvalue weighted by Gasteiger charge is 2.35. The van der Waals surface area contributed by atoms with Crippen LogP contribution in [0.4, 0.5) is 0 Å². The van der Waals surface area contributed by atoms with E-state index >= 15 is 0 Å². The number of ketones is 1. The van der Waals surface area contributed by atoms with E-state index in [1.54, 1.807) is 6.07 Å². The first kappa shape index (κ1) is 20.5. The van der Waals surface area contributed by atoms with Crippen LogP contribution in [-0.4, -0.2) is 32.7 Å². The Morgan fingerprint density at radius 1 is 0.839 bits per heavy atom. The van der Waals surface area contributed by atoms with Gasteiger partial charge in [-0.3, -0.25) is 9.59 Å². The van der Waals surface area contributed by atoms with Gasteiger partial charge in [0.1, 0.15) is 0 Å². The van der Waals surface area contributed by atoms with Gasteiger partial charge in [-0.2, -0.15) is 0 Å². The van der Waals surface area contributed by atoms with Gasteiger partial charge >= 0.3 is 5.97 Å². The molecule has 3 aromatic rings. The zero-order valence-corrected chi connectivity index (χ0v) is 17.0. The van der Waals surface area contributed by atoms with E-state index in [4.69, 9.17) is 4.74 Å². The molecule has 7 nitrogen and oxygen atoms in total. The van der Waals surface area contributed by atoms with E-state index in [1.807, 2.05) is 30.3 Å². The summed E-state index contributed by atoms with van der Waals surface area (Å²) >= 11 is 0. The minimum absolute atomic E-state index is 0.00384. The predicted octanol–water partition coefficient (Wildman–Crippen LogP) is 2.54. The maximum Gasteiger partial charge on any atom is 0.338 e. The molecule has 8 heteroatoms. The number of hydrogen-bond acceptors (Lipinski definition) is 6. The van der Waals surface area contributed by atoms with Crippen LogP contribution in [0, 0.1) is 0 Å². The molecule has 1 aliphatic rings. The minimum Gasteiger partial charge on any atom is -0.452 e. The van der Waals surface area contributed by atoms with Crippen molar-refractivity contribution in [2.24, 2.45) is 0 Å². The van der Waals surface area contributed by atoms with Gasteiger partial charge in [0, 0.05) is 17.7 Å². The number of fused-ring (bicyclic) bond motifs is 2. The van der Waals surface area contributed by atoms with Crippen LogP contribution in [0.5, 0.6) is 0 Å². The van der Waals surface area contributed by atoms with Gasteiger partial charge in [-0.25, -0.2) is 13.2 Å². The Balaban J connectivity index is 1.47. The second-order valence-corrected chi connectivity index (χ2v) is 8.76. The summed E-state index contributed by atoms with van der Waals surface area (Å²) in [5.41, 5.74) is 0.925. The third-order valence-electron chi connectivity index (χ3n) is 4.84. The van der Waals surface area contributed by atoms with Crippen LogP contribution in [0.3, 0.4) is 0 Å². The second-order valence-electron chi connectivity index (χ2n) is 6.88. The Morgan fingerprint density at radius 2 is 1.52 bits per heavy atom. The molecule has 0 unspecified atom stereocenters. The lowest BCUT2D eigenvalue weighted by Gasteiger charge is -2.19. The van der Waals surface area contributed by atoms with E-state index in [1.165, 1.54) is 30.3 Å². The summed E-state index contributed by atoms with van der Waals surface area (Å²) in [5.74, 6) is -1.79. The van der Waals surface area contributed by atoms with Gasteiger partial charge in [-0.1, -0.05) is 42.5 Å². The molecule has 156 valence electrons. The lowest BCUT2D eigenvalue weighted by molar-refractivity contribution is -0.124. The molecule has 1 aliphatic heterocycles. The van der Waals surface area contributed by atoms with Crippen molar-refractivity contribution >= 4 is 27.5 Å². The van der Waals surface area contributed by atoms with Gasteiger partial charge in [0.05, 0.1) is 15.4 Å². The standard InChI is InChI=1S/C23H17NO6S/c25-21(24-13-15-6-2-1-3-7-15)14-30-23(27)16-10-11-18-20(12-16)31(28,29)19-9-5-4-8-17(19)22(18)26/h1-12H,13-14H2,(H,24,25). The van der Waals surface area contributed by atoms with Crippen LogP contribution >= 0.6 is 0 Å². The van der Waals surface area contributed by atoms with E-state index in [2.05, 4.69) is 5.32 Å². The molecule has 0 spiro atoms. The lowest BCUT2D eigenvalue weighted by Crippen LogP contribution is -2.28. The summed E-state index contributed by atoms with van der Waals surface area (Å²) in [6, 6.07) is 18.9. The zero-order chi connectivity index (χ0) is 22.0. The number of amides is 1. The van der Waals surface area contributed by atoms with Crippen molar-refractivity contribution in [3.8, 4) is 0 Å². The average molecular weight is 435 g/mol. The van der Waals surface area contributed by atoms with Crippen molar-refractivity contribution in [1.29, 1.82) is 0 Å². The fraction of sp³-hybridized carbons (Fsp3) is 0.0870. The van der Waals surface area contributed by atoms with E-state index < -0.39 is 34.1 Å². The van der Waals surface area contributed by atoms with Crippen LogP contribution in [0.1, 0.15) is 31.8 Å². The monoisotopic (exact) mass is 435 g/mol. The van der Waals surface area contributed by atoms with Gasteiger partial charge < -0.3 is 10.1 Å². The number of carbonyl (C=O) groups excluding carboxylic acids is 3. The number of rotatable bonds is 5. The number of nitrogens with one attached hydrogen (secondary N) is 1. The molecular formula is C23H17NO6S. The number of ether oxygens (including phenoxy) is 1. The van der Waals surface area contributed by atoms with E-state index in [9.17, 15) is 22.8 Å². The van der Waals surface area contributed by atoms with E-state index in [0.717, 1.165) is 11.6 Å². The summed E-state index contributed by atoms with van der Waals surface area (Å²) in [4.78, 5) is 36.6. The van der Waals surface area contributed by atoms with Crippen LogP contribution in [-0.2, 0) is 25.9 Å². The van der Waals surface area contributed by atoms with Gasteiger partial charge in [0.2, 0.25) is 9.84 Å². The van der Waals surface area contributed by atoms with Crippen LogP contribution in [0.15, 0.2) is 82.6 Å². The third-order valence-corrected chi connectivity index (χ3v) is 6.69. The Hall–Kier alpha value is -3.78. The summed E-state index contributed by atoms with van der Waals surface area (Å²) < 4.78 is 30.9. The van der Waals surface area contributed by atoms with Crippen molar-refractivity contribution in [1.82, 2.24) is 5.32 Å². The van der Waals surface area contributed by atoms with Gasteiger partial charge in [-0.05, 0) is 35.9 Å². The maximum absolute atomic E-state index is 12.9. The van der Waals surface area contributed by atoms with E-state index in [-0.39, 0.29) is 33.0 Å². The molecular weight excluding hydrogens is 418 g/mol. The molecule has 0 fully saturated rings. The van der Waals surface area contributed by atoms with Crippen LogP contribution < -0.4 is 5.32 Å². The van der Waals surface area contributed by atoms with Gasteiger partial charge in [0.25, 0.3) is 5.91 Å². The Morgan fingerprint density at radius 3 is 2.29 bits per heavy atom. The van der Waals surface area contributed by atoms with Gasteiger partial charge in [-0.15, -0.1) is 0 Å². The molecule has 0 atom stereocenters. The average Bonchev–Trinajstić information content (AvgIpc) is 2.80. The SMILES string of the molecule is O=C(COC(=O)c1ccc2c(c1)S(=O)(=O)c1ccccc1C2=O)NCc1ccccc1. The highest BCUT2D eigenvalue weighted by molar-refractivity contribution is 7.91. The summed E-state index contributed by atoms with van der Waals surface area (Å²) in [5, 5.41) is 2.63. The summed E-state index contributed by atoms with van der Waals surface area (Å²) in [7, 11) is -3.97. The Kier molecular flexibility index (Phi) is 5.39. The van der Waals surface area contributed by atoms with Crippen LogP contribution in [0.25, 0.3) is 0 Å². The minimum atomic E-state index is -3.97. The lowest BCUT2D eigenvalue weighted by atomic mass is 10.0. The normalized spacial score (nSPS) is 13.6. The van der Waals surface area contributed by atoms with Gasteiger partial charge in [0.15, 0.2) is 12.4 Å². The van der Waals surface area contributed by atoms with Crippen molar-refractivity contribution < 1.29 is 27.5 Å². The molecule has 0 bridgehead atoms. The Bertz CT molecular complexity index is 1300. The zero-order valence-electron chi connectivity index (χ0n) is 16.2. The molecule has 0 aromatic heterocycles. The molecule has 0 radical (unpaired) electrons. The first-order valence-electron chi connectivity index (χ1n) is 9.38. The molecule has 31 heavy (non-hydrogen) atoms. The van der Waals surface area contributed by atoms with Crippen molar-refractivity contribution in [2.75, 3.05) is 6.61 Å². The quantitative estimate of drug-likeness (QED) is 0.483. The molecule has 1 N–H and O–H groups in total. The topological polar surface area (TPSA) is 107 Å². The number of hydrogen-bond donors (Lipinski definition) is 1. The molecule has 1 amide bonds. The summed E-state index contributed by atoms with van der Waals surface area (Å²) in [6.45, 7) is -0.229. The van der Waals surface area contributed by atoms with E-state index in [0.29, 0.717) is 0 Å². The number of carbonyl (C=O) groups is 3.